The molecule has 1 amide bonds. The Balaban J connectivity index is 1.05. The van der Waals surface area contributed by atoms with Crippen LogP contribution in [0.3, 0.4) is 0 Å². The van der Waals surface area contributed by atoms with Gasteiger partial charge in [-0.2, -0.15) is 0 Å². The van der Waals surface area contributed by atoms with Gasteiger partial charge in [-0.05, 0) is 64.2 Å². The van der Waals surface area contributed by atoms with E-state index < -0.39 is 6.09 Å². The van der Waals surface area contributed by atoms with Crippen molar-refractivity contribution in [3.63, 3.8) is 0 Å². The summed E-state index contributed by atoms with van der Waals surface area (Å²) >= 11 is 0. The van der Waals surface area contributed by atoms with Crippen molar-refractivity contribution in [1.29, 1.82) is 0 Å². The number of rotatable bonds is 8. The number of nitrogens with one attached hydrogen (secondary N) is 1. The number of anilines is 3. The van der Waals surface area contributed by atoms with Crippen LogP contribution in [0.4, 0.5) is 21.9 Å². The van der Waals surface area contributed by atoms with Gasteiger partial charge in [0.1, 0.15) is 6.61 Å². The Bertz CT molecular complexity index is 1530. The van der Waals surface area contributed by atoms with Crippen molar-refractivity contribution in [3.05, 3.63) is 156 Å². The maximum atomic E-state index is 12.5. The van der Waals surface area contributed by atoms with Crippen LogP contribution in [0.25, 0.3) is 17.2 Å². The number of benzene rings is 5. The quantitative estimate of drug-likeness (QED) is 0.222. The summed E-state index contributed by atoms with van der Waals surface area (Å²) in [6, 6.07) is 45.7. The number of alkyl carbamates (subject to hydrolysis) is 1. The largest absolute Gasteiger partial charge is 0.449 e. The molecular weight excluding hydrogens is 492 g/mol. The van der Waals surface area contributed by atoms with Crippen LogP contribution in [0.5, 0.6) is 0 Å². The van der Waals surface area contributed by atoms with E-state index >= 15 is 0 Å². The minimum atomic E-state index is -0.414. The smallest absolute Gasteiger partial charge is 0.407 e. The molecule has 5 aromatic carbocycles. The zero-order valence-electron chi connectivity index (χ0n) is 22.1. The van der Waals surface area contributed by atoms with Gasteiger partial charge in [0.15, 0.2) is 0 Å². The molecule has 1 aliphatic carbocycles. The van der Waals surface area contributed by atoms with Crippen LogP contribution in [0.1, 0.15) is 22.6 Å². The first-order valence-electron chi connectivity index (χ1n) is 13.5. The molecular formula is C36H30N2O2. The molecule has 5 aromatic rings. The van der Waals surface area contributed by atoms with Gasteiger partial charge in [0.25, 0.3) is 0 Å². The molecule has 196 valence electrons. The third-order valence-electron chi connectivity index (χ3n) is 7.20. The Morgan fingerprint density at radius 2 is 1.15 bits per heavy atom. The average molecular weight is 523 g/mol. The molecule has 0 aliphatic heterocycles. The number of amides is 1. The number of ether oxygens (including phenoxy) is 1. The van der Waals surface area contributed by atoms with Crippen molar-refractivity contribution in [3.8, 4) is 11.1 Å². The van der Waals surface area contributed by atoms with Crippen LogP contribution >= 0.6 is 0 Å². The summed E-state index contributed by atoms with van der Waals surface area (Å²) in [5, 5.41) is 2.84. The van der Waals surface area contributed by atoms with Gasteiger partial charge in [0.2, 0.25) is 0 Å². The van der Waals surface area contributed by atoms with Crippen LogP contribution in [-0.4, -0.2) is 19.2 Å². The van der Waals surface area contributed by atoms with Gasteiger partial charge < -0.3 is 15.0 Å². The molecule has 0 saturated heterocycles. The maximum absolute atomic E-state index is 12.5. The maximum Gasteiger partial charge on any atom is 0.407 e. The summed E-state index contributed by atoms with van der Waals surface area (Å²) in [6.07, 6.45) is 3.52. The molecule has 0 heterocycles. The van der Waals surface area contributed by atoms with Gasteiger partial charge >= 0.3 is 6.09 Å². The van der Waals surface area contributed by atoms with E-state index in [4.69, 9.17) is 4.74 Å². The highest BCUT2D eigenvalue weighted by Crippen LogP contribution is 2.44. The highest BCUT2D eigenvalue weighted by atomic mass is 16.5. The van der Waals surface area contributed by atoms with Crippen LogP contribution in [0.2, 0.25) is 0 Å². The normalized spacial score (nSPS) is 12.1. The summed E-state index contributed by atoms with van der Waals surface area (Å²) in [5.41, 5.74) is 9.18. The van der Waals surface area contributed by atoms with Crippen LogP contribution in [-0.2, 0) is 4.74 Å². The first kappa shape index (κ1) is 25.2. The fourth-order valence-corrected chi connectivity index (χ4v) is 5.32. The molecule has 0 saturated carbocycles. The van der Waals surface area contributed by atoms with Crippen molar-refractivity contribution >= 4 is 29.2 Å². The lowest BCUT2D eigenvalue weighted by Crippen LogP contribution is -2.26. The fourth-order valence-electron chi connectivity index (χ4n) is 5.32. The predicted octanol–water partition coefficient (Wildman–Crippen LogP) is 8.71. The summed E-state index contributed by atoms with van der Waals surface area (Å²) < 4.78 is 5.63. The van der Waals surface area contributed by atoms with E-state index in [1.54, 1.807) is 0 Å². The molecule has 0 radical (unpaired) electrons. The minimum absolute atomic E-state index is 0.0542. The van der Waals surface area contributed by atoms with Gasteiger partial charge in [-0.25, -0.2) is 4.79 Å². The number of carbonyl (C=O) groups excluding carboxylic acids is 1. The van der Waals surface area contributed by atoms with Gasteiger partial charge in [0, 0.05) is 29.5 Å². The zero-order chi connectivity index (χ0) is 27.1. The molecule has 4 heteroatoms. The third kappa shape index (κ3) is 5.38. The molecule has 1 N–H and O–H groups in total. The van der Waals surface area contributed by atoms with E-state index in [0.717, 1.165) is 22.6 Å². The Labute approximate surface area is 235 Å². The number of fused-ring (bicyclic) bond motifs is 3. The first-order chi connectivity index (χ1) is 19.8. The van der Waals surface area contributed by atoms with Gasteiger partial charge in [-0.3, -0.25) is 0 Å². The predicted molar refractivity (Wildman–Crippen MR) is 163 cm³/mol. The van der Waals surface area contributed by atoms with Gasteiger partial charge in [-0.15, -0.1) is 0 Å². The Morgan fingerprint density at radius 1 is 0.650 bits per heavy atom. The highest BCUT2D eigenvalue weighted by molar-refractivity contribution is 5.79. The van der Waals surface area contributed by atoms with Crippen LogP contribution < -0.4 is 10.2 Å². The monoisotopic (exact) mass is 522 g/mol. The topological polar surface area (TPSA) is 41.6 Å². The lowest BCUT2D eigenvalue weighted by molar-refractivity contribution is 0.144. The van der Waals surface area contributed by atoms with Crippen molar-refractivity contribution < 1.29 is 9.53 Å². The number of nitrogens with zero attached hydrogens (tertiary/aromatic N) is 1. The molecule has 0 bridgehead atoms. The first-order valence-corrected chi connectivity index (χ1v) is 13.5. The second-order valence-electron chi connectivity index (χ2n) is 9.71. The Hall–Kier alpha value is -5.09. The van der Waals surface area contributed by atoms with Crippen LogP contribution in [0.15, 0.2) is 140 Å². The average Bonchev–Trinajstić information content (AvgIpc) is 3.34. The Morgan fingerprint density at radius 3 is 1.73 bits per heavy atom. The molecule has 1 aliphatic rings. The van der Waals surface area contributed by atoms with E-state index in [1.807, 2.05) is 72.8 Å². The Kier molecular flexibility index (Phi) is 7.40. The third-order valence-corrected chi connectivity index (χ3v) is 7.20. The number of hydrogen-bond donors (Lipinski definition) is 1. The lowest BCUT2D eigenvalue weighted by Gasteiger charge is -2.25. The number of carbonyl (C=O) groups is 1. The van der Waals surface area contributed by atoms with Crippen LogP contribution in [0, 0.1) is 0 Å². The molecule has 0 aromatic heterocycles. The molecule has 0 atom stereocenters. The molecule has 0 unspecified atom stereocenters. The standard InChI is InChI=1S/C36H30N2O2/c39-36(40-26-35-33-19-9-7-17-31(33)32-18-8-10-20-34(32)35)37-25-11-12-27-21-23-30(24-22-27)38(28-13-3-1-4-14-28)29-15-5-2-6-16-29/h1-24,35H,25-26H2,(H,37,39). The zero-order valence-corrected chi connectivity index (χ0v) is 22.1. The number of para-hydroxylation sites is 2. The van der Waals surface area contributed by atoms with E-state index in [2.05, 4.69) is 83.0 Å². The summed E-state index contributed by atoms with van der Waals surface area (Å²) in [5.74, 6) is 0.0542. The molecule has 4 nitrogen and oxygen atoms in total. The molecule has 6 rings (SSSR count). The second kappa shape index (κ2) is 11.7. The summed E-state index contributed by atoms with van der Waals surface area (Å²) in [7, 11) is 0. The lowest BCUT2D eigenvalue weighted by atomic mass is 9.98. The van der Waals surface area contributed by atoms with Crippen molar-refractivity contribution in [2.24, 2.45) is 0 Å². The van der Waals surface area contributed by atoms with Crippen molar-refractivity contribution in [1.82, 2.24) is 5.32 Å². The molecule has 0 fully saturated rings. The van der Waals surface area contributed by atoms with E-state index in [-0.39, 0.29) is 5.92 Å². The van der Waals surface area contributed by atoms with Crippen molar-refractivity contribution in [2.75, 3.05) is 18.1 Å². The highest BCUT2D eigenvalue weighted by Gasteiger charge is 2.28. The van der Waals surface area contributed by atoms with Gasteiger partial charge in [0.05, 0.1) is 0 Å². The van der Waals surface area contributed by atoms with E-state index in [0.29, 0.717) is 13.2 Å². The minimum Gasteiger partial charge on any atom is -0.449 e. The molecule has 0 spiro atoms. The summed E-state index contributed by atoms with van der Waals surface area (Å²) in [4.78, 5) is 14.7. The summed E-state index contributed by atoms with van der Waals surface area (Å²) in [6.45, 7) is 0.697. The van der Waals surface area contributed by atoms with Crippen molar-refractivity contribution in [2.45, 2.75) is 5.92 Å². The fraction of sp³-hybridized carbons (Fsp3) is 0.0833. The van der Waals surface area contributed by atoms with E-state index in [1.165, 1.54) is 22.3 Å². The second-order valence-corrected chi connectivity index (χ2v) is 9.71. The molecule has 40 heavy (non-hydrogen) atoms. The number of hydrogen-bond acceptors (Lipinski definition) is 3. The van der Waals surface area contributed by atoms with E-state index in [9.17, 15) is 4.79 Å². The van der Waals surface area contributed by atoms with Gasteiger partial charge in [-0.1, -0.05) is 109 Å². The SMILES string of the molecule is O=C(NCC=Cc1ccc(N(c2ccccc2)c2ccccc2)cc1)OCC1c2ccccc2-c2ccccc21.